The van der Waals surface area contributed by atoms with Crippen molar-refractivity contribution in [2.75, 3.05) is 6.54 Å². The summed E-state index contributed by atoms with van der Waals surface area (Å²) >= 11 is 0. The number of aromatic nitrogens is 4. The van der Waals surface area contributed by atoms with Crippen LogP contribution in [0.5, 0.6) is 5.75 Å². The number of H-pyrrole nitrogens is 1. The maximum Gasteiger partial charge on any atom is 0.271 e. The van der Waals surface area contributed by atoms with Crippen LogP contribution in [-0.4, -0.2) is 38.7 Å². The third-order valence-electron chi connectivity index (χ3n) is 4.86. The van der Waals surface area contributed by atoms with Crippen LogP contribution < -0.4 is 10.1 Å². The molecule has 0 spiro atoms. The van der Waals surface area contributed by atoms with Gasteiger partial charge in [-0.05, 0) is 42.5 Å². The summed E-state index contributed by atoms with van der Waals surface area (Å²) in [5, 5.41) is 10.0. The summed E-state index contributed by atoms with van der Waals surface area (Å²) in [6.07, 6.45) is 6.55. The predicted octanol–water partition coefficient (Wildman–Crippen LogP) is 3.11. The van der Waals surface area contributed by atoms with Crippen LogP contribution in [0.3, 0.4) is 0 Å². The highest BCUT2D eigenvalue weighted by atomic mass is 16.5. The number of rotatable bonds is 6. The summed E-state index contributed by atoms with van der Waals surface area (Å²) in [5.74, 6) is 1.14. The lowest BCUT2D eigenvalue weighted by Gasteiger charge is -2.13. The highest BCUT2D eigenvalue weighted by molar-refractivity contribution is 5.92. The number of fused-ring (bicyclic) bond motifs is 1. The summed E-state index contributed by atoms with van der Waals surface area (Å²) < 4.78 is 6.18. The van der Waals surface area contributed by atoms with Crippen molar-refractivity contribution >= 4 is 5.91 Å². The van der Waals surface area contributed by atoms with Crippen molar-refractivity contribution in [3.05, 3.63) is 59.3 Å². The van der Waals surface area contributed by atoms with E-state index in [9.17, 15) is 4.79 Å². The lowest BCUT2D eigenvalue weighted by Crippen LogP contribution is -2.34. The molecule has 150 valence electrons. The first kappa shape index (κ1) is 19.1. The Balaban J connectivity index is 1.42. The zero-order valence-corrected chi connectivity index (χ0v) is 16.9. The molecule has 0 aliphatic carbocycles. The quantitative estimate of drug-likeness (QED) is 0.673. The zero-order valence-electron chi connectivity index (χ0n) is 16.9. The number of nitrogens with zero attached hydrogens (tertiary/aromatic N) is 3. The Labute approximate surface area is 169 Å². The van der Waals surface area contributed by atoms with Crippen LogP contribution in [0.4, 0.5) is 0 Å². The first-order valence-electron chi connectivity index (χ1n) is 9.88. The first-order valence-corrected chi connectivity index (χ1v) is 9.88. The molecule has 0 radical (unpaired) electrons. The van der Waals surface area contributed by atoms with Crippen LogP contribution in [0.2, 0.25) is 0 Å². The third-order valence-corrected chi connectivity index (χ3v) is 4.86. The van der Waals surface area contributed by atoms with Crippen molar-refractivity contribution in [3.8, 4) is 17.0 Å². The molecule has 1 atom stereocenters. The van der Waals surface area contributed by atoms with E-state index < -0.39 is 0 Å². The van der Waals surface area contributed by atoms with Crippen molar-refractivity contribution in [3.63, 3.8) is 0 Å². The van der Waals surface area contributed by atoms with E-state index in [1.807, 2.05) is 6.07 Å². The van der Waals surface area contributed by atoms with Gasteiger partial charge in [-0.25, -0.2) is 0 Å². The first-order chi connectivity index (χ1) is 14.0. The van der Waals surface area contributed by atoms with Gasteiger partial charge < -0.3 is 10.1 Å². The van der Waals surface area contributed by atoms with E-state index in [1.165, 1.54) is 0 Å². The van der Waals surface area contributed by atoms with Crippen molar-refractivity contribution in [2.24, 2.45) is 5.92 Å². The SMILES string of the molecule is Cc1cc2c(c(-c3cnccn3)c1)OC(CNC(=O)c1cc(CC(C)C)[nH]n1)C2. The van der Waals surface area contributed by atoms with Gasteiger partial charge in [0.2, 0.25) is 0 Å². The van der Waals surface area contributed by atoms with Crippen molar-refractivity contribution < 1.29 is 9.53 Å². The molecule has 7 nitrogen and oxygen atoms in total. The molecular weight excluding hydrogens is 366 g/mol. The van der Waals surface area contributed by atoms with E-state index in [2.05, 4.69) is 58.4 Å². The van der Waals surface area contributed by atoms with Gasteiger partial charge in [0.1, 0.15) is 17.5 Å². The molecule has 29 heavy (non-hydrogen) atoms. The van der Waals surface area contributed by atoms with E-state index in [4.69, 9.17) is 4.74 Å². The van der Waals surface area contributed by atoms with Gasteiger partial charge in [-0.3, -0.25) is 19.9 Å². The second-order valence-electron chi connectivity index (χ2n) is 7.92. The number of aromatic amines is 1. The van der Waals surface area contributed by atoms with Gasteiger partial charge in [0.05, 0.1) is 18.4 Å². The molecule has 0 bridgehead atoms. The maximum absolute atomic E-state index is 12.4. The van der Waals surface area contributed by atoms with Crippen LogP contribution in [0, 0.1) is 12.8 Å². The number of amides is 1. The fourth-order valence-electron chi connectivity index (χ4n) is 3.65. The van der Waals surface area contributed by atoms with Gasteiger partial charge in [-0.1, -0.05) is 19.9 Å². The summed E-state index contributed by atoms with van der Waals surface area (Å²) in [6.45, 7) is 6.74. The lowest BCUT2D eigenvalue weighted by atomic mass is 10.0. The number of carbonyl (C=O) groups excluding carboxylic acids is 1. The van der Waals surface area contributed by atoms with Crippen LogP contribution >= 0.6 is 0 Å². The summed E-state index contributed by atoms with van der Waals surface area (Å²) in [4.78, 5) is 21.0. The second kappa shape index (κ2) is 8.03. The molecule has 1 aliphatic heterocycles. The number of carbonyl (C=O) groups is 1. The smallest absolute Gasteiger partial charge is 0.271 e. The topological polar surface area (TPSA) is 92.8 Å². The molecular formula is C22H25N5O2. The molecule has 0 fully saturated rings. The van der Waals surface area contributed by atoms with E-state index in [-0.39, 0.29) is 12.0 Å². The Hall–Kier alpha value is -3.22. The van der Waals surface area contributed by atoms with Crippen LogP contribution in [0.15, 0.2) is 36.8 Å². The molecule has 4 rings (SSSR count). The molecule has 1 aromatic carbocycles. The molecule has 2 aromatic heterocycles. The standard InChI is InChI=1S/C22H25N5O2/c1-13(2)6-16-10-19(27-26-16)22(28)25-11-17-9-15-7-14(3)8-18(21(15)29-17)20-12-23-4-5-24-20/h4-5,7-8,10,12-13,17H,6,9,11H2,1-3H3,(H,25,28)(H,26,27). The molecule has 0 saturated heterocycles. The average molecular weight is 391 g/mol. The molecule has 2 N–H and O–H groups in total. The Bertz CT molecular complexity index is 1010. The summed E-state index contributed by atoms with van der Waals surface area (Å²) in [7, 11) is 0. The lowest BCUT2D eigenvalue weighted by molar-refractivity contribution is 0.0928. The number of aryl methyl sites for hydroxylation is 1. The second-order valence-corrected chi connectivity index (χ2v) is 7.92. The Kier molecular flexibility index (Phi) is 5.29. The van der Waals surface area contributed by atoms with Crippen molar-refractivity contribution in [1.82, 2.24) is 25.5 Å². The summed E-state index contributed by atoms with van der Waals surface area (Å²) in [5.41, 5.74) is 5.38. The maximum atomic E-state index is 12.4. The molecule has 1 unspecified atom stereocenters. The minimum Gasteiger partial charge on any atom is -0.487 e. The fraction of sp³-hybridized carbons (Fsp3) is 0.364. The zero-order chi connectivity index (χ0) is 20.4. The summed E-state index contributed by atoms with van der Waals surface area (Å²) in [6, 6.07) is 6.00. The van der Waals surface area contributed by atoms with Gasteiger partial charge in [-0.15, -0.1) is 0 Å². The van der Waals surface area contributed by atoms with Crippen LogP contribution in [0.1, 0.15) is 41.2 Å². The van der Waals surface area contributed by atoms with Crippen LogP contribution in [0.25, 0.3) is 11.3 Å². The van der Waals surface area contributed by atoms with Gasteiger partial charge >= 0.3 is 0 Å². The number of nitrogens with one attached hydrogen (secondary N) is 2. The molecule has 0 saturated carbocycles. The Morgan fingerprint density at radius 3 is 2.93 bits per heavy atom. The minimum atomic E-state index is -0.193. The van der Waals surface area contributed by atoms with Crippen molar-refractivity contribution in [2.45, 2.75) is 39.7 Å². The monoisotopic (exact) mass is 391 g/mol. The molecule has 1 aliphatic rings. The van der Waals surface area contributed by atoms with E-state index in [0.717, 1.165) is 46.7 Å². The number of hydrogen-bond donors (Lipinski definition) is 2. The highest BCUT2D eigenvalue weighted by Gasteiger charge is 2.27. The normalized spacial score (nSPS) is 15.2. The Morgan fingerprint density at radius 2 is 2.17 bits per heavy atom. The van der Waals surface area contributed by atoms with Gasteiger partial charge in [0.25, 0.3) is 5.91 Å². The van der Waals surface area contributed by atoms with Crippen molar-refractivity contribution in [1.29, 1.82) is 0 Å². The fourth-order valence-corrected chi connectivity index (χ4v) is 3.65. The largest absolute Gasteiger partial charge is 0.487 e. The van der Waals surface area contributed by atoms with Gasteiger partial charge in [-0.2, -0.15) is 5.10 Å². The minimum absolute atomic E-state index is 0.125. The number of hydrogen-bond acceptors (Lipinski definition) is 5. The number of benzene rings is 1. The average Bonchev–Trinajstić information content (AvgIpc) is 3.32. The van der Waals surface area contributed by atoms with E-state index in [1.54, 1.807) is 18.6 Å². The highest BCUT2D eigenvalue weighted by Crippen LogP contribution is 2.38. The molecule has 7 heteroatoms. The Morgan fingerprint density at radius 1 is 1.31 bits per heavy atom. The van der Waals surface area contributed by atoms with Crippen LogP contribution in [-0.2, 0) is 12.8 Å². The molecule has 1 amide bonds. The van der Waals surface area contributed by atoms with E-state index in [0.29, 0.717) is 18.2 Å². The molecule has 3 heterocycles. The predicted molar refractivity (Wildman–Crippen MR) is 110 cm³/mol. The molecule has 3 aromatic rings. The third kappa shape index (κ3) is 4.29. The van der Waals surface area contributed by atoms with Gasteiger partial charge in [0, 0.05) is 30.1 Å². The van der Waals surface area contributed by atoms with E-state index >= 15 is 0 Å². The van der Waals surface area contributed by atoms with Gasteiger partial charge in [0.15, 0.2) is 0 Å². The number of ether oxygens (including phenoxy) is 1.